The van der Waals surface area contributed by atoms with Crippen molar-refractivity contribution in [1.82, 2.24) is 0 Å². The van der Waals surface area contributed by atoms with Crippen LogP contribution in [0, 0.1) is 6.07 Å². The summed E-state index contributed by atoms with van der Waals surface area (Å²) in [7, 11) is 0. The molecule has 2 heteroatoms. The van der Waals surface area contributed by atoms with Gasteiger partial charge in [0.25, 0.3) is 0 Å². The topological polar surface area (TPSA) is 23.5 Å². The van der Waals surface area contributed by atoms with Crippen molar-refractivity contribution in [1.29, 1.82) is 0 Å². The molecular weight excluding hydrogens is 138 g/mol. The Morgan fingerprint density at radius 1 is 1.64 bits per heavy atom. The molecule has 0 fully saturated rings. The maximum absolute atomic E-state index is 9.25. The van der Waals surface area contributed by atoms with Crippen LogP contribution in [0.2, 0.25) is 0 Å². The van der Waals surface area contributed by atoms with Gasteiger partial charge in [-0.25, -0.2) is 0 Å². The van der Waals surface area contributed by atoms with Gasteiger partial charge in [-0.05, 0) is 6.07 Å². The zero-order valence-corrected chi connectivity index (χ0v) is 6.20. The molecule has 0 unspecified atom stereocenters. The van der Waals surface area contributed by atoms with E-state index in [1.54, 1.807) is 18.2 Å². The fourth-order valence-corrected chi connectivity index (χ4v) is 0.765. The lowest BCUT2D eigenvalue weighted by Gasteiger charge is -2.13. The van der Waals surface area contributed by atoms with E-state index in [-0.39, 0.29) is 0 Å². The van der Waals surface area contributed by atoms with Crippen LogP contribution in [0.3, 0.4) is 0 Å². The van der Waals surface area contributed by atoms with E-state index in [2.05, 4.69) is 12.6 Å². The molecule has 2 nitrogen and oxygen atoms in total. The van der Waals surface area contributed by atoms with Gasteiger partial charge in [-0.3, -0.25) is 10.3 Å². The summed E-state index contributed by atoms with van der Waals surface area (Å²) in [6, 6.07) is 10.1. The van der Waals surface area contributed by atoms with E-state index in [1.807, 2.05) is 12.1 Å². The predicted molar refractivity (Wildman–Crippen MR) is 44.6 cm³/mol. The molecule has 0 saturated carbocycles. The van der Waals surface area contributed by atoms with Gasteiger partial charge in [-0.15, -0.1) is 6.58 Å². The molecule has 0 aliphatic heterocycles. The molecule has 0 saturated heterocycles. The number of hydrogen-bond donors (Lipinski definition) is 1. The number of para-hydroxylation sites is 1. The quantitative estimate of drug-likeness (QED) is 0.522. The van der Waals surface area contributed by atoms with Gasteiger partial charge in [0.15, 0.2) is 0 Å². The highest BCUT2D eigenvalue weighted by atomic mass is 16.5. The van der Waals surface area contributed by atoms with E-state index in [0.717, 1.165) is 5.06 Å². The first-order valence-corrected chi connectivity index (χ1v) is 3.38. The van der Waals surface area contributed by atoms with E-state index >= 15 is 0 Å². The summed E-state index contributed by atoms with van der Waals surface area (Å²) in [4.78, 5) is 0. The van der Waals surface area contributed by atoms with Crippen LogP contribution in [0.5, 0.6) is 0 Å². The smallest absolute Gasteiger partial charge is 0.0716 e. The summed E-state index contributed by atoms with van der Waals surface area (Å²) in [6.07, 6.45) is 1.63. The molecular formula is C9H10NO. The molecule has 0 heterocycles. The molecule has 0 aliphatic carbocycles. The lowest BCUT2D eigenvalue weighted by Crippen LogP contribution is -2.17. The van der Waals surface area contributed by atoms with Crippen molar-refractivity contribution in [3.8, 4) is 0 Å². The van der Waals surface area contributed by atoms with Crippen LogP contribution in [0.1, 0.15) is 0 Å². The van der Waals surface area contributed by atoms with E-state index < -0.39 is 0 Å². The van der Waals surface area contributed by atoms with Gasteiger partial charge in [-0.1, -0.05) is 24.3 Å². The van der Waals surface area contributed by atoms with Crippen molar-refractivity contribution >= 4 is 5.69 Å². The summed E-state index contributed by atoms with van der Waals surface area (Å²) >= 11 is 0. The van der Waals surface area contributed by atoms with Crippen molar-refractivity contribution in [3.63, 3.8) is 0 Å². The second kappa shape index (κ2) is 3.78. The molecule has 57 valence electrons. The summed E-state index contributed by atoms with van der Waals surface area (Å²) < 4.78 is 0. The van der Waals surface area contributed by atoms with Crippen molar-refractivity contribution in [2.24, 2.45) is 0 Å². The highest BCUT2D eigenvalue weighted by Gasteiger charge is 1.96. The standard InChI is InChI=1S/C9H10NO/c1-2-8-10(11)9-6-4-3-5-7-9/h2-6,11H,1,8H2. The zero-order valence-electron chi connectivity index (χ0n) is 6.20. The molecule has 1 rings (SSSR count). The van der Waals surface area contributed by atoms with E-state index in [0.29, 0.717) is 12.2 Å². The number of nitrogens with zero attached hydrogens (tertiary/aromatic N) is 1. The normalized spacial score (nSPS) is 9.18. The Bertz CT molecular complexity index is 220. The molecule has 1 radical (unpaired) electrons. The molecule has 1 N–H and O–H groups in total. The Hall–Kier alpha value is -1.28. The van der Waals surface area contributed by atoms with Gasteiger partial charge in [0, 0.05) is 6.07 Å². The van der Waals surface area contributed by atoms with Gasteiger partial charge in [0.05, 0.1) is 12.2 Å². The minimum atomic E-state index is 0.417. The Balaban J connectivity index is 2.68. The van der Waals surface area contributed by atoms with Crippen LogP contribution in [0.15, 0.2) is 36.9 Å². The van der Waals surface area contributed by atoms with Crippen molar-refractivity contribution in [2.45, 2.75) is 0 Å². The largest absolute Gasteiger partial charge is 0.288 e. The number of benzene rings is 1. The van der Waals surface area contributed by atoms with Crippen molar-refractivity contribution in [3.05, 3.63) is 43.0 Å². The fraction of sp³-hybridized carbons (Fsp3) is 0.111. The monoisotopic (exact) mass is 148 g/mol. The van der Waals surface area contributed by atoms with E-state index in [1.165, 1.54) is 0 Å². The molecule has 0 aromatic heterocycles. The first kappa shape index (κ1) is 7.82. The van der Waals surface area contributed by atoms with Crippen LogP contribution >= 0.6 is 0 Å². The predicted octanol–water partition coefficient (Wildman–Crippen LogP) is 1.87. The fourth-order valence-electron chi connectivity index (χ4n) is 0.765. The lowest BCUT2D eigenvalue weighted by atomic mass is 10.3. The average Bonchev–Trinajstić information content (AvgIpc) is 2.07. The van der Waals surface area contributed by atoms with Gasteiger partial charge in [-0.2, -0.15) is 0 Å². The molecule has 1 aromatic rings. The Kier molecular flexibility index (Phi) is 2.69. The number of rotatable bonds is 3. The summed E-state index contributed by atoms with van der Waals surface area (Å²) in [5.74, 6) is 0. The van der Waals surface area contributed by atoms with E-state index in [4.69, 9.17) is 0 Å². The first-order valence-electron chi connectivity index (χ1n) is 3.38. The van der Waals surface area contributed by atoms with Crippen molar-refractivity contribution < 1.29 is 5.21 Å². The highest BCUT2D eigenvalue weighted by Crippen LogP contribution is 2.08. The first-order chi connectivity index (χ1) is 5.34. The van der Waals surface area contributed by atoms with Crippen LogP contribution < -0.4 is 5.06 Å². The molecule has 0 atom stereocenters. The second-order valence-electron chi connectivity index (χ2n) is 2.12. The summed E-state index contributed by atoms with van der Waals surface area (Å²) in [5, 5.41) is 10.3. The van der Waals surface area contributed by atoms with Gasteiger partial charge < -0.3 is 0 Å². The van der Waals surface area contributed by atoms with Crippen LogP contribution in [-0.4, -0.2) is 11.8 Å². The number of hydrogen-bond acceptors (Lipinski definition) is 2. The molecule has 0 spiro atoms. The Morgan fingerprint density at radius 2 is 2.45 bits per heavy atom. The van der Waals surface area contributed by atoms with E-state index in [9.17, 15) is 5.21 Å². The van der Waals surface area contributed by atoms with Crippen LogP contribution in [-0.2, 0) is 0 Å². The maximum Gasteiger partial charge on any atom is 0.0716 e. The van der Waals surface area contributed by atoms with Crippen LogP contribution in [0.25, 0.3) is 0 Å². The highest BCUT2D eigenvalue weighted by molar-refractivity contribution is 5.41. The molecule has 0 aliphatic rings. The molecule has 1 aromatic carbocycles. The molecule has 0 bridgehead atoms. The third kappa shape index (κ3) is 2.09. The minimum absolute atomic E-state index is 0.417. The van der Waals surface area contributed by atoms with Gasteiger partial charge in [0.1, 0.15) is 0 Å². The maximum atomic E-state index is 9.25. The minimum Gasteiger partial charge on any atom is -0.288 e. The summed E-state index contributed by atoms with van der Waals surface area (Å²) in [5.41, 5.74) is 0.660. The zero-order chi connectivity index (χ0) is 8.10. The Morgan fingerprint density at radius 3 is 3.00 bits per heavy atom. The van der Waals surface area contributed by atoms with Crippen LogP contribution in [0.4, 0.5) is 5.69 Å². The molecule has 0 amide bonds. The average molecular weight is 148 g/mol. The Labute approximate surface area is 66.3 Å². The van der Waals surface area contributed by atoms with Crippen molar-refractivity contribution in [2.75, 3.05) is 11.6 Å². The number of hydroxylamine groups is 1. The van der Waals surface area contributed by atoms with Gasteiger partial charge in [0.2, 0.25) is 0 Å². The van der Waals surface area contributed by atoms with Gasteiger partial charge >= 0.3 is 0 Å². The SMILES string of the molecule is C=CCN(O)c1[c]cccc1. The second-order valence-corrected chi connectivity index (χ2v) is 2.12. The molecule has 11 heavy (non-hydrogen) atoms. The third-order valence-corrected chi connectivity index (χ3v) is 1.27. The number of anilines is 1. The lowest BCUT2D eigenvalue weighted by molar-refractivity contribution is 0.266. The third-order valence-electron chi connectivity index (χ3n) is 1.27. The summed E-state index contributed by atoms with van der Waals surface area (Å²) in [6.45, 7) is 3.93.